The number of anilines is 2. The van der Waals surface area contributed by atoms with E-state index in [1.165, 1.54) is 23.2 Å². The minimum Gasteiger partial charge on any atom is -0.508 e. The van der Waals surface area contributed by atoms with Crippen molar-refractivity contribution >= 4 is 68.2 Å². The van der Waals surface area contributed by atoms with E-state index in [1.807, 2.05) is 0 Å². The highest BCUT2D eigenvalue weighted by atomic mass is 79.9. The molecule has 0 aromatic heterocycles. The molecule has 0 saturated carbocycles. The lowest BCUT2D eigenvalue weighted by atomic mass is 10.2. The number of benzene rings is 3. The predicted octanol–water partition coefficient (Wildman–Crippen LogP) is 4.49. The fourth-order valence-corrected chi connectivity index (χ4v) is 4.71. The number of aromatic hydroxyl groups is 1. The molecule has 1 aliphatic heterocycles. The Morgan fingerprint density at radius 1 is 1.05 bits per heavy atom. The number of ether oxygens (including phenoxy) is 1. The van der Waals surface area contributed by atoms with E-state index in [2.05, 4.69) is 31.4 Å². The summed E-state index contributed by atoms with van der Waals surface area (Å²) in [6, 6.07) is 19.7. The van der Waals surface area contributed by atoms with Crippen molar-refractivity contribution in [3.05, 3.63) is 82.8 Å². The molecule has 3 aromatic carbocycles. The highest BCUT2D eigenvalue weighted by molar-refractivity contribution is 9.10. The molecule has 10 nitrogen and oxygen atoms in total. The second kappa shape index (κ2) is 12.4. The van der Waals surface area contributed by atoms with Gasteiger partial charge >= 0.3 is 5.97 Å². The zero-order chi connectivity index (χ0) is 27.1. The molecule has 1 heterocycles. The van der Waals surface area contributed by atoms with Crippen LogP contribution in [0, 0.1) is 0 Å². The number of phenolic OH excluding ortho intramolecular Hbond substituents is 1. The molecule has 1 fully saturated rings. The lowest BCUT2D eigenvalue weighted by Gasteiger charge is -2.16. The number of thioether (sulfide) groups is 1. The van der Waals surface area contributed by atoms with Crippen molar-refractivity contribution in [2.45, 2.75) is 11.7 Å². The summed E-state index contributed by atoms with van der Waals surface area (Å²) < 4.78 is 5.99. The van der Waals surface area contributed by atoms with Crippen LogP contribution in [0.3, 0.4) is 0 Å². The van der Waals surface area contributed by atoms with E-state index in [-0.39, 0.29) is 29.2 Å². The van der Waals surface area contributed by atoms with Gasteiger partial charge in [-0.1, -0.05) is 27.7 Å². The predicted molar refractivity (Wildman–Crippen MR) is 149 cm³/mol. The zero-order valence-electron chi connectivity index (χ0n) is 19.7. The lowest BCUT2D eigenvalue weighted by Crippen LogP contribution is -2.33. The van der Waals surface area contributed by atoms with Gasteiger partial charge in [-0.3, -0.25) is 14.5 Å². The number of amides is 2. The van der Waals surface area contributed by atoms with E-state index in [1.54, 1.807) is 60.7 Å². The molecule has 1 saturated heterocycles. The van der Waals surface area contributed by atoms with Gasteiger partial charge in [0.1, 0.15) is 16.7 Å². The number of rotatable bonds is 9. The molecule has 194 valence electrons. The monoisotopic (exact) mass is 596 g/mol. The molecule has 2 amide bonds. The average molecular weight is 597 g/mol. The molecule has 0 aliphatic carbocycles. The van der Waals surface area contributed by atoms with E-state index < -0.39 is 17.8 Å². The van der Waals surface area contributed by atoms with Crippen molar-refractivity contribution in [1.82, 2.24) is 0 Å². The molecular formula is C26H21BrN4O6S. The number of phenols is 1. The van der Waals surface area contributed by atoms with Gasteiger partial charge in [0.25, 0.3) is 0 Å². The molecule has 3 aromatic rings. The molecule has 3 N–H and O–H groups in total. The Hall–Kier alpha value is -4.16. The quantitative estimate of drug-likeness (QED) is 0.244. The maximum atomic E-state index is 13.3. The molecule has 1 aliphatic rings. The molecule has 0 bridgehead atoms. The van der Waals surface area contributed by atoms with E-state index in [4.69, 9.17) is 9.84 Å². The van der Waals surface area contributed by atoms with Crippen LogP contribution < -0.4 is 15.0 Å². The molecule has 0 unspecified atom stereocenters. The first kappa shape index (κ1) is 26.9. The fourth-order valence-electron chi connectivity index (χ4n) is 3.36. The van der Waals surface area contributed by atoms with Crippen LogP contribution in [0.2, 0.25) is 0 Å². The molecule has 1 atom stereocenters. The minimum atomic E-state index is -1.07. The standard InChI is InChI=1S/C26H21BrN4O6S/c27-17-3-5-18(6-4-17)29-23(33)13-22-25(36)31(19-7-9-20(32)10-8-19)26(38-22)30-28-14-16-1-11-21(12-2-16)37-15-24(34)35/h1-12,14,22,32H,13,15H2,(H,29,33)(H,34,35)/b28-14-,30-26-/t22-/m0/s1. The Kier molecular flexibility index (Phi) is 8.77. The number of nitrogens with one attached hydrogen (secondary N) is 1. The second-order valence-electron chi connectivity index (χ2n) is 7.93. The van der Waals surface area contributed by atoms with Gasteiger partial charge in [0.05, 0.1) is 11.9 Å². The van der Waals surface area contributed by atoms with E-state index in [0.717, 1.165) is 16.2 Å². The molecule has 38 heavy (non-hydrogen) atoms. The molecule has 0 radical (unpaired) electrons. The van der Waals surface area contributed by atoms with Crippen LogP contribution >= 0.6 is 27.7 Å². The summed E-state index contributed by atoms with van der Waals surface area (Å²) in [6.45, 7) is -0.443. The first-order valence-electron chi connectivity index (χ1n) is 11.2. The number of carbonyl (C=O) groups excluding carboxylic acids is 2. The highest BCUT2D eigenvalue weighted by Crippen LogP contribution is 2.34. The van der Waals surface area contributed by atoms with E-state index in [0.29, 0.717) is 22.7 Å². The van der Waals surface area contributed by atoms with Crippen molar-refractivity contribution in [2.24, 2.45) is 10.2 Å². The SMILES string of the molecule is O=C(O)COc1ccc(/C=N\N=C2/S[C@@H](CC(=O)Nc3ccc(Br)cc3)C(=O)N2c2ccc(O)cc2)cc1. The van der Waals surface area contributed by atoms with Crippen LogP contribution in [-0.2, 0) is 14.4 Å². The Labute approximate surface area is 230 Å². The number of hydrogen-bond acceptors (Lipinski definition) is 8. The topological polar surface area (TPSA) is 141 Å². The van der Waals surface area contributed by atoms with Crippen LogP contribution in [0.25, 0.3) is 0 Å². The van der Waals surface area contributed by atoms with E-state index >= 15 is 0 Å². The first-order chi connectivity index (χ1) is 18.3. The summed E-state index contributed by atoms with van der Waals surface area (Å²) in [5, 5.41) is 29.0. The summed E-state index contributed by atoms with van der Waals surface area (Å²) in [5.74, 6) is -1.28. The Morgan fingerprint density at radius 2 is 1.74 bits per heavy atom. The van der Waals surface area contributed by atoms with Crippen LogP contribution in [0.1, 0.15) is 12.0 Å². The molecule has 0 spiro atoms. The van der Waals surface area contributed by atoms with Crippen molar-refractivity contribution < 1.29 is 29.3 Å². The van der Waals surface area contributed by atoms with Crippen LogP contribution in [0.4, 0.5) is 11.4 Å². The van der Waals surface area contributed by atoms with Crippen molar-refractivity contribution in [1.29, 1.82) is 0 Å². The third-order valence-electron chi connectivity index (χ3n) is 5.13. The van der Waals surface area contributed by atoms with Gasteiger partial charge in [-0.05, 0) is 78.4 Å². The maximum Gasteiger partial charge on any atom is 0.341 e. The number of nitrogens with zero attached hydrogens (tertiary/aromatic N) is 3. The van der Waals surface area contributed by atoms with Crippen LogP contribution in [0.15, 0.2) is 87.5 Å². The first-order valence-corrected chi connectivity index (χ1v) is 12.9. The molecule has 12 heteroatoms. The number of amidine groups is 1. The van der Waals surface area contributed by atoms with Gasteiger partial charge < -0.3 is 20.3 Å². The van der Waals surface area contributed by atoms with Gasteiger partial charge in [0.15, 0.2) is 11.8 Å². The number of halogens is 1. The second-order valence-corrected chi connectivity index (χ2v) is 10.0. The summed E-state index contributed by atoms with van der Waals surface area (Å²) in [4.78, 5) is 37.9. The normalized spacial score (nSPS) is 16.2. The zero-order valence-corrected chi connectivity index (χ0v) is 22.1. The number of hydrogen-bond donors (Lipinski definition) is 3. The lowest BCUT2D eigenvalue weighted by molar-refractivity contribution is -0.139. The fraction of sp³-hybridized carbons (Fsp3) is 0.115. The van der Waals surface area contributed by atoms with Gasteiger partial charge in [0, 0.05) is 16.6 Å². The van der Waals surface area contributed by atoms with Crippen molar-refractivity contribution in [3.63, 3.8) is 0 Å². The highest BCUT2D eigenvalue weighted by Gasteiger charge is 2.40. The molecule has 4 rings (SSSR count). The van der Waals surface area contributed by atoms with Crippen LogP contribution in [0.5, 0.6) is 11.5 Å². The third kappa shape index (κ3) is 7.20. The number of carboxylic acid groups (broad SMARTS) is 1. The number of carbonyl (C=O) groups is 3. The third-order valence-corrected chi connectivity index (χ3v) is 6.79. The van der Waals surface area contributed by atoms with Crippen LogP contribution in [-0.4, -0.2) is 51.2 Å². The summed E-state index contributed by atoms with van der Waals surface area (Å²) in [7, 11) is 0. The van der Waals surface area contributed by atoms with Gasteiger partial charge in [0.2, 0.25) is 11.8 Å². The van der Waals surface area contributed by atoms with E-state index in [9.17, 15) is 19.5 Å². The summed E-state index contributed by atoms with van der Waals surface area (Å²) >= 11 is 4.47. The van der Waals surface area contributed by atoms with Crippen molar-refractivity contribution in [3.8, 4) is 11.5 Å². The van der Waals surface area contributed by atoms with Crippen molar-refractivity contribution in [2.75, 3.05) is 16.8 Å². The Balaban J connectivity index is 1.49. The Morgan fingerprint density at radius 3 is 2.39 bits per heavy atom. The maximum absolute atomic E-state index is 13.3. The average Bonchev–Trinajstić information content (AvgIpc) is 3.19. The van der Waals surface area contributed by atoms with Gasteiger partial charge in [-0.25, -0.2) is 4.79 Å². The van der Waals surface area contributed by atoms with Gasteiger partial charge in [-0.15, -0.1) is 5.10 Å². The largest absolute Gasteiger partial charge is 0.508 e. The van der Waals surface area contributed by atoms with Gasteiger partial charge in [-0.2, -0.15) is 5.10 Å². The summed E-state index contributed by atoms with van der Waals surface area (Å²) in [5.41, 5.74) is 1.76. The summed E-state index contributed by atoms with van der Waals surface area (Å²) in [6.07, 6.45) is 1.40. The molecular weight excluding hydrogens is 576 g/mol. The Bertz CT molecular complexity index is 1380. The number of aliphatic carboxylic acids is 1. The number of carboxylic acids is 1. The minimum absolute atomic E-state index is 0.0470. The smallest absolute Gasteiger partial charge is 0.341 e.